The minimum Gasteiger partial charge on any atom is -0.396 e. The number of hydrogen-bond donors (Lipinski definition) is 1. The van der Waals surface area contributed by atoms with E-state index < -0.39 is 0 Å². The summed E-state index contributed by atoms with van der Waals surface area (Å²) in [4.78, 5) is 6.52. The minimum absolute atomic E-state index is 0.00923. The monoisotopic (exact) mass is 384 g/mol. The number of hydrogen-bond acceptors (Lipinski definition) is 4. The Kier molecular flexibility index (Phi) is 5.12. The lowest BCUT2D eigenvalue weighted by molar-refractivity contribution is 0.115. The molecule has 27 heavy (non-hydrogen) atoms. The van der Waals surface area contributed by atoms with Crippen LogP contribution in [0.5, 0.6) is 0 Å². The largest absolute Gasteiger partial charge is 0.396 e. The van der Waals surface area contributed by atoms with E-state index in [0.29, 0.717) is 5.15 Å². The van der Waals surface area contributed by atoms with Gasteiger partial charge in [0.1, 0.15) is 5.15 Å². The molecule has 0 aromatic carbocycles. The normalized spacial score (nSPS) is 18.9. The molecule has 3 heterocycles. The third kappa shape index (κ3) is 4.45. The molecule has 0 radical (unpaired) electrons. The molecule has 1 aliphatic heterocycles. The molecule has 142 valence electrons. The predicted molar refractivity (Wildman–Crippen MR) is 107 cm³/mol. The first-order chi connectivity index (χ1) is 13.0. The summed E-state index contributed by atoms with van der Waals surface area (Å²) in [5, 5.41) is 14.5. The van der Waals surface area contributed by atoms with Gasteiger partial charge in [-0.2, -0.15) is 5.10 Å². The Morgan fingerprint density at radius 3 is 2.74 bits per heavy atom. The number of piperidine rings is 1. The van der Waals surface area contributed by atoms with E-state index in [9.17, 15) is 5.11 Å². The van der Waals surface area contributed by atoms with Crippen LogP contribution in [0, 0.1) is 23.2 Å². The molecule has 2 aromatic rings. The lowest BCUT2D eigenvalue weighted by Gasteiger charge is -2.39. The molecule has 0 amide bonds. The number of aliphatic hydroxyl groups is 1. The van der Waals surface area contributed by atoms with Crippen LogP contribution in [0.1, 0.15) is 43.7 Å². The van der Waals surface area contributed by atoms with E-state index >= 15 is 0 Å². The molecule has 2 aliphatic rings. The van der Waals surface area contributed by atoms with Crippen LogP contribution in [-0.2, 0) is 6.54 Å². The Bertz CT molecular complexity index is 870. The summed E-state index contributed by atoms with van der Waals surface area (Å²) in [6, 6.07) is 1.89. The van der Waals surface area contributed by atoms with Crippen molar-refractivity contribution >= 4 is 17.3 Å². The predicted octanol–water partition coefficient (Wildman–Crippen LogP) is 3.34. The molecule has 0 unspecified atom stereocenters. The van der Waals surface area contributed by atoms with E-state index in [2.05, 4.69) is 33.7 Å². The van der Waals surface area contributed by atoms with Crippen molar-refractivity contribution in [2.24, 2.45) is 11.3 Å². The molecule has 2 aromatic heterocycles. The number of halogens is 1. The Morgan fingerprint density at radius 2 is 2.04 bits per heavy atom. The zero-order valence-electron chi connectivity index (χ0n) is 15.7. The SMILES string of the molecule is CC1(CO)CCN(c2cc(Cl)ncc2C#Cc2cnn(CC3CC3)c2)CC1. The molecular weight excluding hydrogens is 360 g/mol. The van der Waals surface area contributed by atoms with Gasteiger partial charge in [0.05, 0.1) is 23.0 Å². The first kappa shape index (κ1) is 18.3. The van der Waals surface area contributed by atoms with E-state index in [-0.39, 0.29) is 12.0 Å². The van der Waals surface area contributed by atoms with Crippen molar-refractivity contribution in [3.8, 4) is 11.8 Å². The zero-order chi connectivity index (χ0) is 18.9. The zero-order valence-corrected chi connectivity index (χ0v) is 16.4. The molecule has 1 N–H and O–H groups in total. The Morgan fingerprint density at radius 1 is 1.26 bits per heavy atom. The maximum Gasteiger partial charge on any atom is 0.131 e. The Labute approximate surface area is 165 Å². The van der Waals surface area contributed by atoms with Crippen molar-refractivity contribution in [1.29, 1.82) is 0 Å². The van der Waals surface area contributed by atoms with Crippen molar-refractivity contribution in [2.75, 3.05) is 24.6 Å². The Balaban J connectivity index is 1.53. The summed E-state index contributed by atoms with van der Waals surface area (Å²) in [5.41, 5.74) is 2.83. The van der Waals surface area contributed by atoms with Crippen LogP contribution in [0.4, 0.5) is 5.69 Å². The van der Waals surface area contributed by atoms with E-state index in [4.69, 9.17) is 11.6 Å². The second-order valence-electron chi connectivity index (χ2n) is 8.12. The number of nitrogens with zero attached hydrogens (tertiary/aromatic N) is 4. The smallest absolute Gasteiger partial charge is 0.131 e. The molecule has 4 rings (SSSR count). The van der Waals surface area contributed by atoms with E-state index in [1.54, 1.807) is 6.20 Å². The molecular formula is C21H25ClN4O. The highest BCUT2D eigenvalue weighted by atomic mass is 35.5. The van der Waals surface area contributed by atoms with Crippen molar-refractivity contribution in [2.45, 2.75) is 39.2 Å². The Hall–Kier alpha value is -2.03. The van der Waals surface area contributed by atoms with Crippen LogP contribution < -0.4 is 4.90 Å². The van der Waals surface area contributed by atoms with Gasteiger partial charge in [-0.15, -0.1) is 0 Å². The van der Waals surface area contributed by atoms with Crippen LogP contribution in [-0.4, -0.2) is 39.6 Å². The van der Waals surface area contributed by atoms with Gasteiger partial charge in [0.15, 0.2) is 0 Å². The fourth-order valence-corrected chi connectivity index (χ4v) is 3.61. The van der Waals surface area contributed by atoms with Gasteiger partial charge in [0, 0.05) is 44.7 Å². The maximum absolute atomic E-state index is 9.60. The summed E-state index contributed by atoms with van der Waals surface area (Å²) < 4.78 is 1.99. The van der Waals surface area contributed by atoms with Crippen LogP contribution in [0.25, 0.3) is 0 Å². The van der Waals surface area contributed by atoms with Gasteiger partial charge in [0.2, 0.25) is 0 Å². The fraction of sp³-hybridized carbons (Fsp3) is 0.524. The molecule has 0 atom stereocenters. The van der Waals surface area contributed by atoms with Crippen LogP contribution in [0.15, 0.2) is 24.7 Å². The quantitative estimate of drug-likeness (QED) is 0.648. The average molecular weight is 385 g/mol. The summed E-state index contributed by atoms with van der Waals surface area (Å²) in [6.45, 7) is 5.13. The highest BCUT2D eigenvalue weighted by Crippen LogP contribution is 2.34. The van der Waals surface area contributed by atoms with Crippen molar-refractivity contribution in [3.63, 3.8) is 0 Å². The summed E-state index contributed by atoms with van der Waals surface area (Å²) in [6.07, 6.45) is 10.1. The van der Waals surface area contributed by atoms with Gasteiger partial charge < -0.3 is 10.0 Å². The van der Waals surface area contributed by atoms with Crippen LogP contribution >= 0.6 is 11.6 Å². The molecule has 6 heteroatoms. The first-order valence-electron chi connectivity index (χ1n) is 9.60. The van der Waals surface area contributed by atoms with E-state index in [1.807, 2.05) is 23.1 Å². The molecule has 1 saturated carbocycles. The first-order valence-corrected chi connectivity index (χ1v) is 9.98. The molecule has 1 aliphatic carbocycles. The number of aromatic nitrogens is 3. The standard InChI is InChI=1S/C21H25ClN4O/c1-21(15-27)6-8-25(9-7-21)19-10-20(22)23-12-18(19)5-4-17-11-24-26(14-17)13-16-2-3-16/h10-12,14,16,27H,2-3,6-9,13,15H2,1H3. The topological polar surface area (TPSA) is 54.2 Å². The number of pyridine rings is 1. The summed E-state index contributed by atoms with van der Waals surface area (Å²) >= 11 is 6.15. The van der Waals surface area contributed by atoms with Crippen molar-refractivity contribution < 1.29 is 5.11 Å². The van der Waals surface area contributed by atoms with Gasteiger partial charge in [-0.25, -0.2) is 4.98 Å². The highest BCUT2D eigenvalue weighted by molar-refractivity contribution is 6.29. The van der Waals surface area contributed by atoms with Crippen LogP contribution in [0.2, 0.25) is 5.15 Å². The summed E-state index contributed by atoms with van der Waals surface area (Å²) in [7, 11) is 0. The average Bonchev–Trinajstić information content (AvgIpc) is 3.38. The van der Waals surface area contributed by atoms with Gasteiger partial charge in [0.25, 0.3) is 0 Å². The molecule has 0 bridgehead atoms. The fourth-order valence-electron chi connectivity index (χ4n) is 3.46. The highest BCUT2D eigenvalue weighted by Gasteiger charge is 2.30. The third-order valence-corrected chi connectivity index (χ3v) is 5.87. The van der Waals surface area contributed by atoms with E-state index in [0.717, 1.165) is 55.2 Å². The van der Waals surface area contributed by atoms with Crippen LogP contribution in [0.3, 0.4) is 0 Å². The third-order valence-electron chi connectivity index (χ3n) is 5.66. The molecule has 0 spiro atoms. The lowest BCUT2D eigenvalue weighted by Crippen LogP contribution is -2.40. The second-order valence-corrected chi connectivity index (χ2v) is 8.51. The number of aliphatic hydroxyl groups excluding tert-OH is 1. The summed E-state index contributed by atoms with van der Waals surface area (Å²) in [5.74, 6) is 7.27. The van der Waals surface area contributed by atoms with Gasteiger partial charge >= 0.3 is 0 Å². The van der Waals surface area contributed by atoms with Gasteiger partial charge in [-0.3, -0.25) is 4.68 Å². The van der Waals surface area contributed by atoms with E-state index in [1.165, 1.54) is 12.8 Å². The van der Waals surface area contributed by atoms with Crippen molar-refractivity contribution in [3.05, 3.63) is 40.9 Å². The second kappa shape index (κ2) is 7.53. The van der Waals surface area contributed by atoms with Gasteiger partial charge in [-0.05, 0) is 37.0 Å². The molecule has 1 saturated heterocycles. The number of anilines is 1. The van der Waals surface area contributed by atoms with Crippen molar-refractivity contribution in [1.82, 2.24) is 14.8 Å². The lowest BCUT2D eigenvalue weighted by atomic mass is 9.81. The number of rotatable bonds is 4. The molecule has 2 fully saturated rings. The molecule has 5 nitrogen and oxygen atoms in total. The maximum atomic E-state index is 9.60. The van der Waals surface area contributed by atoms with Gasteiger partial charge in [-0.1, -0.05) is 30.4 Å². The minimum atomic E-state index is 0.00923.